The number of aliphatic carboxylic acids is 1. The van der Waals surface area contributed by atoms with E-state index in [1.807, 2.05) is 30.3 Å². The lowest BCUT2D eigenvalue weighted by molar-refractivity contribution is -0.140. The summed E-state index contributed by atoms with van der Waals surface area (Å²) in [5, 5.41) is 12.9. The van der Waals surface area contributed by atoms with Crippen molar-refractivity contribution in [2.24, 2.45) is 11.8 Å². The van der Waals surface area contributed by atoms with E-state index in [1.54, 1.807) is 0 Å². The first-order chi connectivity index (χ1) is 10.2. The predicted molar refractivity (Wildman–Crippen MR) is 83.0 cm³/mol. The van der Waals surface area contributed by atoms with Crippen molar-refractivity contribution >= 4 is 5.97 Å². The van der Waals surface area contributed by atoms with E-state index in [0.29, 0.717) is 6.04 Å². The molecular weight excluding hydrogens is 262 g/mol. The van der Waals surface area contributed by atoms with Crippen LogP contribution in [0.1, 0.15) is 56.6 Å². The van der Waals surface area contributed by atoms with Gasteiger partial charge in [0.25, 0.3) is 0 Å². The van der Waals surface area contributed by atoms with Gasteiger partial charge in [-0.1, -0.05) is 56.0 Å². The summed E-state index contributed by atoms with van der Waals surface area (Å²) < 4.78 is 0. The number of hydrogen-bond acceptors (Lipinski definition) is 2. The molecule has 114 valence electrons. The maximum atomic E-state index is 11.6. The Labute approximate surface area is 126 Å². The molecule has 2 fully saturated rings. The molecule has 21 heavy (non-hydrogen) atoms. The summed E-state index contributed by atoms with van der Waals surface area (Å²) in [4.78, 5) is 11.6. The van der Waals surface area contributed by atoms with Crippen LogP contribution in [0.25, 0.3) is 0 Å². The van der Waals surface area contributed by atoms with Crippen LogP contribution in [0.3, 0.4) is 0 Å². The maximum Gasteiger partial charge on any atom is 0.325 e. The second-order valence-electron chi connectivity index (χ2n) is 6.66. The van der Waals surface area contributed by atoms with Crippen LogP contribution < -0.4 is 5.32 Å². The largest absolute Gasteiger partial charge is 0.480 e. The molecule has 1 aromatic rings. The van der Waals surface area contributed by atoms with Gasteiger partial charge in [0, 0.05) is 6.04 Å². The molecule has 0 aromatic heterocycles. The summed E-state index contributed by atoms with van der Waals surface area (Å²) in [7, 11) is 0. The van der Waals surface area contributed by atoms with Crippen LogP contribution in [-0.2, 0) is 4.79 Å². The molecule has 2 saturated carbocycles. The molecule has 3 heteroatoms. The molecule has 0 radical (unpaired) electrons. The molecule has 2 N–H and O–H groups in total. The van der Waals surface area contributed by atoms with Crippen LogP contribution in [0.2, 0.25) is 0 Å². The standard InChI is InChI=1S/C18H25NO2/c20-18(21)17(14-7-2-1-3-8-14)19-16-11-10-13-6-4-5-9-15(13)12-16/h1-3,7-8,13,15-17,19H,4-6,9-12H2,(H,20,21). The smallest absolute Gasteiger partial charge is 0.325 e. The normalized spacial score (nSPS) is 30.4. The fraction of sp³-hybridized carbons (Fsp3) is 0.611. The number of fused-ring (bicyclic) bond motifs is 1. The van der Waals surface area contributed by atoms with Crippen LogP contribution in [0.4, 0.5) is 0 Å². The SMILES string of the molecule is O=C(O)C(NC1CCC2CCCCC2C1)c1ccccc1. The minimum Gasteiger partial charge on any atom is -0.480 e. The van der Waals surface area contributed by atoms with E-state index in [2.05, 4.69) is 5.32 Å². The zero-order chi connectivity index (χ0) is 14.7. The predicted octanol–water partition coefficient (Wildman–Crippen LogP) is 3.76. The Morgan fingerprint density at radius 2 is 1.76 bits per heavy atom. The van der Waals surface area contributed by atoms with Gasteiger partial charge >= 0.3 is 5.97 Å². The van der Waals surface area contributed by atoms with E-state index >= 15 is 0 Å². The molecular formula is C18H25NO2. The first-order valence-electron chi connectivity index (χ1n) is 8.28. The third-order valence-electron chi connectivity index (χ3n) is 5.32. The van der Waals surface area contributed by atoms with Gasteiger partial charge in [0.15, 0.2) is 0 Å². The summed E-state index contributed by atoms with van der Waals surface area (Å²) in [6.07, 6.45) is 9.02. The monoisotopic (exact) mass is 287 g/mol. The lowest BCUT2D eigenvalue weighted by atomic mass is 9.69. The van der Waals surface area contributed by atoms with Gasteiger partial charge in [0.1, 0.15) is 6.04 Å². The van der Waals surface area contributed by atoms with Crippen molar-refractivity contribution in [1.82, 2.24) is 5.32 Å². The molecule has 0 spiro atoms. The number of hydrogen-bond donors (Lipinski definition) is 2. The molecule has 0 heterocycles. The highest BCUT2D eigenvalue weighted by molar-refractivity contribution is 5.75. The summed E-state index contributed by atoms with van der Waals surface area (Å²) >= 11 is 0. The summed E-state index contributed by atoms with van der Waals surface area (Å²) in [6.45, 7) is 0. The van der Waals surface area contributed by atoms with Crippen molar-refractivity contribution < 1.29 is 9.90 Å². The molecule has 2 aliphatic rings. The summed E-state index contributed by atoms with van der Waals surface area (Å²) in [5.41, 5.74) is 0.857. The third kappa shape index (κ3) is 3.46. The number of benzene rings is 1. The van der Waals surface area contributed by atoms with Crippen LogP contribution in [-0.4, -0.2) is 17.1 Å². The van der Waals surface area contributed by atoms with E-state index < -0.39 is 12.0 Å². The Bertz CT molecular complexity index is 473. The lowest BCUT2D eigenvalue weighted by Gasteiger charge is -2.40. The van der Waals surface area contributed by atoms with E-state index in [1.165, 1.54) is 32.1 Å². The average Bonchev–Trinajstić information content (AvgIpc) is 2.53. The average molecular weight is 287 g/mol. The number of carbonyl (C=O) groups is 1. The van der Waals surface area contributed by atoms with Gasteiger partial charge in [-0.15, -0.1) is 0 Å². The van der Waals surface area contributed by atoms with Crippen LogP contribution in [0.15, 0.2) is 30.3 Å². The third-order valence-corrected chi connectivity index (χ3v) is 5.32. The molecule has 3 nitrogen and oxygen atoms in total. The minimum atomic E-state index is -0.771. The summed E-state index contributed by atoms with van der Waals surface area (Å²) in [6, 6.07) is 9.32. The van der Waals surface area contributed by atoms with Crippen LogP contribution >= 0.6 is 0 Å². The number of carboxylic acids is 1. The second kappa shape index (κ2) is 6.61. The van der Waals surface area contributed by atoms with E-state index in [-0.39, 0.29) is 0 Å². The minimum absolute atomic E-state index is 0.352. The maximum absolute atomic E-state index is 11.6. The van der Waals surface area contributed by atoms with Gasteiger partial charge in [-0.3, -0.25) is 10.1 Å². The molecule has 0 amide bonds. The highest BCUT2D eigenvalue weighted by Crippen LogP contribution is 2.40. The van der Waals surface area contributed by atoms with Gasteiger partial charge in [-0.2, -0.15) is 0 Å². The van der Waals surface area contributed by atoms with Crippen molar-refractivity contribution in [3.8, 4) is 0 Å². The molecule has 2 aliphatic carbocycles. The fourth-order valence-corrected chi connectivity index (χ4v) is 4.22. The highest BCUT2D eigenvalue weighted by Gasteiger charge is 2.34. The number of nitrogens with one attached hydrogen (secondary N) is 1. The number of rotatable bonds is 4. The lowest BCUT2D eigenvalue weighted by Crippen LogP contribution is -2.42. The van der Waals surface area contributed by atoms with E-state index in [0.717, 1.165) is 30.2 Å². The Hall–Kier alpha value is -1.35. The van der Waals surface area contributed by atoms with Crippen molar-refractivity contribution in [3.63, 3.8) is 0 Å². The Balaban J connectivity index is 1.65. The number of carboxylic acid groups (broad SMARTS) is 1. The Morgan fingerprint density at radius 3 is 2.48 bits per heavy atom. The van der Waals surface area contributed by atoms with E-state index in [4.69, 9.17) is 0 Å². The molecule has 0 aliphatic heterocycles. The zero-order valence-electron chi connectivity index (χ0n) is 12.5. The molecule has 0 bridgehead atoms. The van der Waals surface area contributed by atoms with Gasteiger partial charge in [-0.05, 0) is 36.7 Å². The van der Waals surface area contributed by atoms with Gasteiger partial charge in [-0.25, -0.2) is 0 Å². The quantitative estimate of drug-likeness (QED) is 0.886. The second-order valence-corrected chi connectivity index (χ2v) is 6.66. The van der Waals surface area contributed by atoms with Gasteiger partial charge in [0.05, 0.1) is 0 Å². The fourth-order valence-electron chi connectivity index (χ4n) is 4.22. The van der Waals surface area contributed by atoms with Crippen molar-refractivity contribution in [2.45, 2.75) is 57.0 Å². The molecule has 4 atom stereocenters. The molecule has 1 aromatic carbocycles. The molecule has 3 rings (SSSR count). The van der Waals surface area contributed by atoms with Gasteiger partial charge < -0.3 is 5.11 Å². The first kappa shape index (κ1) is 14.6. The molecule has 4 unspecified atom stereocenters. The van der Waals surface area contributed by atoms with Crippen LogP contribution in [0.5, 0.6) is 0 Å². The topological polar surface area (TPSA) is 49.3 Å². The molecule has 0 saturated heterocycles. The van der Waals surface area contributed by atoms with Crippen molar-refractivity contribution in [2.75, 3.05) is 0 Å². The zero-order valence-corrected chi connectivity index (χ0v) is 12.5. The van der Waals surface area contributed by atoms with Crippen LogP contribution in [0, 0.1) is 11.8 Å². The Morgan fingerprint density at radius 1 is 1.05 bits per heavy atom. The summed E-state index contributed by atoms with van der Waals surface area (Å²) in [5.74, 6) is 0.944. The van der Waals surface area contributed by atoms with Crippen molar-refractivity contribution in [3.05, 3.63) is 35.9 Å². The highest BCUT2D eigenvalue weighted by atomic mass is 16.4. The van der Waals surface area contributed by atoms with E-state index in [9.17, 15) is 9.90 Å². The first-order valence-corrected chi connectivity index (χ1v) is 8.28. The van der Waals surface area contributed by atoms with Crippen molar-refractivity contribution in [1.29, 1.82) is 0 Å². The van der Waals surface area contributed by atoms with Gasteiger partial charge in [0.2, 0.25) is 0 Å². The Kier molecular flexibility index (Phi) is 4.59.